The van der Waals surface area contributed by atoms with Gasteiger partial charge >= 0.3 is 6.09 Å². The quantitative estimate of drug-likeness (QED) is 0.850. The minimum atomic E-state index is -0.486. The minimum absolute atomic E-state index is 0.221. The van der Waals surface area contributed by atoms with E-state index in [1.807, 2.05) is 39.0 Å². The van der Waals surface area contributed by atoms with E-state index in [4.69, 9.17) is 25.8 Å². The van der Waals surface area contributed by atoms with Gasteiger partial charge in [-0.05, 0) is 38.8 Å². The molecule has 120 valence electrons. The summed E-state index contributed by atoms with van der Waals surface area (Å²) in [4.78, 5) is 11.5. The van der Waals surface area contributed by atoms with Crippen molar-refractivity contribution in [1.82, 2.24) is 5.32 Å². The molecule has 1 N–H and O–H groups in total. The standard InChI is InChI=1S/C16H20ClNO4/c1-16(2,3)22-15(19)18-7-5-4-6-11-8-13-14(9-12(11)17)21-10-20-13/h4,6,8-9H,5,7,10H2,1-3H3,(H,18,19). The molecule has 0 radical (unpaired) electrons. The second kappa shape index (κ2) is 6.92. The number of nitrogens with one attached hydrogen (secondary N) is 1. The topological polar surface area (TPSA) is 56.8 Å². The molecule has 1 amide bonds. The van der Waals surface area contributed by atoms with Gasteiger partial charge < -0.3 is 19.5 Å². The highest BCUT2D eigenvalue weighted by Gasteiger charge is 2.16. The fourth-order valence-corrected chi connectivity index (χ4v) is 2.06. The van der Waals surface area contributed by atoms with Crippen molar-refractivity contribution < 1.29 is 19.0 Å². The molecule has 1 aromatic rings. The Morgan fingerprint density at radius 3 is 2.73 bits per heavy atom. The third kappa shape index (κ3) is 4.84. The number of carbonyl (C=O) groups excluding carboxylic acids is 1. The van der Waals surface area contributed by atoms with Crippen molar-refractivity contribution >= 4 is 23.8 Å². The van der Waals surface area contributed by atoms with Crippen LogP contribution in [-0.4, -0.2) is 25.0 Å². The smallest absolute Gasteiger partial charge is 0.407 e. The van der Waals surface area contributed by atoms with Gasteiger partial charge in [-0.25, -0.2) is 4.79 Å². The molecule has 0 bridgehead atoms. The zero-order valence-electron chi connectivity index (χ0n) is 12.9. The van der Waals surface area contributed by atoms with Crippen LogP contribution in [0.15, 0.2) is 18.2 Å². The summed E-state index contributed by atoms with van der Waals surface area (Å²) in [6, 6.07) is 3.57. The van der Waals surface area contributed by atoms with Crippen LogP contribution in [0.3, 0.4) is 0 Å². The van der Waals surface area contributed by atoms with Crippen LogP contribution < -0.4 is 14.8 Å². The van der Waals surface area contributed by atoms with Crippen molar-refractivity contribution in [2.45, 2.75) is 32.8 Å². The Balaban J connectivity index is 1.80. The Labute approximate surface area is 135 Å². The number of alkyl carbamates (subject to hydrolysis) is 1. The highest BCUT2D eigenvalue weighted by atomic mass is 35.5. The number of amides is 1. The number of fused-ring (bicyclic) bond motifs is 1. The molecule has 0 saturated heterocycles. The lowest BCUT2D eigenvalue weighted by Gasteiger charge is -2.19. The van der Waals surface area contributed by atoms with Crippen molar-refractivity contribution in [3.63, 3.8) is 0 Å². The molecule has 22 heavy (non-hydrogen) atoms. The Bertz CT molecular complexity index is 578. The van der Waals surface area contributed by atoms with Crippen LogP contribution in [0.4, 0.5) is 4.79 Å². The number of halogens is 1. The Kier molecular flexibility index (Phi) is 5.19. The minimum Gasteiger partial charge on any atom is -0.454 e. The predicted octanol–water partition coefficient (Wildman–Crippen LogP) is 4.00. The zero-order valence-corrected chi connectivity index (χ0v) is 13.7. The van der Waals surface area contributed by atoms with Gasteiger partial charge in [-0.2, -0.15) is 0 Å². The van der Waals surface area contributed by atoms with Crippen LogP contribution >= 0.6 is 11.6 Å². The molecule has 0 aliphatic carbocycles. The van der Waals surface area contributed by atoms with Crippen LogP contribution in [0.25, 0.3) is 6.08 Å². The van der Waals surface area contributed by atoms with Gasteiger partial charge in [0.15, 0.2) is 11.5 Å². The molecule has 0 atom stereocenters. The monoisotopic (exact) mass is 325 g/mol. The van der Waals surface area contributed by atoms with E-state index in [9.17, 15) is 4.79 Å². The summed E-state index contributed by atoms with van der Waals surface area (Å²) in [5, 5.41) is 3.29. The number of hydrogen-bond acceptors (Lipinski definition) is 4. The van der Waals surface area contributed by atoms with Crippen LogP contribution in [0.5, 0.6) is 11.5 Å². The van der Waals surface area contributed by atoms with E-state index in [2.05, 4.69) is 5.32 Å². The van der Waals surface area contributed by atoms with E-state index in [0.29, 0.717) is 29.5 Å². The third-order valence-corrected chi connectivity index (χ3v) is 3.10. The first-order chi connectivity index (χ1) is 10.3. The van der Waals surface area contributed by atoms with E-state index >= 15 is 0 Å². The summed E-state index contributed by atoms with van der Waals surface area (Å²) < 4.78 is 15.7. The second-order valence-electron chi connectivity index (χ2n) is 5.85. The van der Waals surface area contributed by atoms with Gasteiger partial charge in [0, 0.05) is 12.6 Å². The lowest BCUT2D eigenvalue weighted by atomic mass is 10.1. The maximum Gasteiger partial charge on any atom is 0.407 e. The van der Waals surface area contributed by atoms with Crippen molar-refractivity contribution in [1.29, 1.82) is 0 Å². The highest BCUT2D eigenvalue weighted by molar-refractivity contribution is 6.32. The molecule has 1 aliphatic rings. The molecular formula is C16H20ClNO4. The summed E-state index contributed by atoms with van der Waals surface area (Å²) in [6.07, 6.45) is 4.08. The molecular weight excluding hydrogens is 306 g/mol. The maximum absolute atomic E-state index is 11.5. The van der Waals surface area contributed by atoms with Gasteiger partial charge in [0.25, 0.3) is 0 Å². The van der Waals surface area contributed by atoms with Crippen LogP contribution in [0, 0.1) is 0 Å². The first-order valence-corrected chi connectivity index (χ1v) is 7.45. The van der Waals surface area contributed by atoms with Gasteiger partial charge in [0.05, 0.1) is 5.02 Å². The van der Waals surface area contributed by atoms with Gasteiger partial charge in [0.2, 0.25) is 6.79 Å². The molecule has 0 spiro atoms. The van der Waals surface area contributed by atoms with Gasteiger partial charge in [-0.3, -0.25) is 0 Å². The number of hydrogen-bond donors (Lipinski definition) is 1. The Morgan fingerprint density at radius 2 is 2.05 bits per heavy atom. The summed E-state index contributed by atoms with van der Waals surface area (Å²) in [5.41, 5.74) is 0.364. The zero-order chi connectivity index (χ0) is 16.2. The number of ether oxygens (including phenoxy) is 3. The first kappa shape index (κ1) is 16.5. The third-order valence-electron chi connectivity index (χ3n) is 2.77. The van der Waals surface area contributed by atoms with E-state index in [0.717, 1.165) is 5.56 Å². The molecule has 2 rings (SSSR count). The maximum atomic E-state index is 11.5. The fraction of sp³-hybridized carbons (Fsp3) is 0.438. The SMILES string of the molecule is CC(C)(C)OC(=O)NCCC=Cc1cc2c(cc1Cl)OCO2. The van der Waals surface area contributed by atoms with E-state index < -0.39 is 11.7 Å². The molecule has 0 unspecified atom stereocenters. The molecule has 6 heteroatoms. The highest BCUT2D eigenvalue weighted by Crippen LogP contribution is 2.37. The lowest BCUT2D eigenvalue weighted by molar-refractivity contribution is 0.0529. The molecule has 5 nitrogen and oxygen atoms in total. The molecule has 0 fully saturated rings. The van der Waals surface area contributed by atoms with Crippen LogP contribution in [-0.2, 0) is 4.74 Å². The summed E-state index contributed by atoms with van der Waals surface area (Å²) in [7, 11) is 0. The number of carbonyl (C=O) groups is 1. The normalized spacial score (nSPS) is 13.5. The van der Waals surface area contributed by atoms with Crippen molar-refractivity contribution in [2.24, 2.45) is 0 Å². The number of benzene rings is 1. The predicted molar refractivity (Wildman–Crippen MR) is 85.5 cm³/mol. The fourth-order valence-electron chi connectivity index (χ4n) is 1.84. The van der Waals surface area contributed by atoms with Crippen molar-refractivity contribution in [3.8, 4) is 11.5 Å². The number of rotatable bonds is 4. The summed E-state index contributed by atoms with van der Waals surface area (Å²) >= 11 is 6.17. The van der Waals surface area contributed by atoms with Crippen LogP contribution in [0.2, 0.25) is 5.02 Å². The molecule has 1 aromatic carbocycles. The van der Waals surface area contributed by atoms with Crippen LogP contribution in [0.1, 0.15) is 32.8 Å². The van der Waals surface area contributed by atoms with Gasteiger partial charge in [0.1, 0.15) is 5.60 Å². The van der Waals surface area contributed by atoms with Crippen molar-refractivity contribution in [2.75, 3.05) is 13.3 Å². The average molecular weight is 326 g/mol. The van der Waals surface area contributed by atoms with E-state index in [1.54, 1.807) is 6.07 Å². The van der Waals surface area contributed by atoms with Gasteiger partial charge in [-0.1, -0.05) is 23.8 Å². The Hall–Kier alpha value is -1.88. The van der Waals surface area contributed by atoms with Gasteiger partial charge in [-0.15, -0.1) is 0 Å². The second-order valence-corrected chi connectivity index (χ2v) is 6.25. The van der Waals surface area contributed by atoms with Crippen molar-refractivity contribution in [3.05, 3.63) is 28.8 Å². The average Bonchev–Trinajstić information content (AvgIpc) is 2.83. The molecule has 1 aliphatic heterocycles. The summed E-state index contributed by atoms with van der Waals surface area (Å²) in [6.45, 7) is 6.20. The first-order valence-electron chi connectivity index (χ1n) is 7.08. The molecule has 0 saturated carbocycles. The lowest BCUT2D eigenvalue weighted by Crippen LogP contribution is -2.32. The van der Waals surface area contributed by atoms with E-state index in [1.165, 1.54) is 0 Å². The molecule has 0 aromatic heterocycles. The summed E-state index contributed by atoms with van der Waals surface area (Å²) in [5.74, 6) is 1.35. The van der Waals surface area contributed by atoms with E-state index in [-0.39, 0.29) is 6.79 Å². The largest absolute Gasteiger partial charge is 0.454 e. The molecule has 1 heterocycles. The Morgan fingerprint density at radius 1 is 1.36 bits per heavy atom.